The van der Waals surface area contributed by atoms with Crippen molar-refractivity contribution in [2.24, 2.45) is 0 Å². The summed E-state index contributed by atoms with van der Waals surface area (Å²) in [5.41, 5.74) is 1.01. The van der Waals surface area contributed by atoms with Gasteiger partial charge in [-0.3, -0.25) is 0 Å². The molecule has 1 N–H and O–H groups in total. The first-order chi connectivity index (χ1) is 4.70. The molecule has 0 unspecified atom stereocenters. The summed E-state index contributed by atoms with van der Waals surface area (Å²) >= 11 is 0. The minimum absolute atomic E-state index is 0. The zero-order valence-electron chi connectivity index (χ0n) is 8.20. The van der Waals surface area contributed by atoms with Crippen molar-refractivity contribution in [3.8, 4) is 5.75 Å². The standard InChI is InChI=1S/C8H11NO.K.H/c1-9(2)7-4-3-5-8(10)6-7;;/h3-6,10H,1-2H3;;/q;+1;-1. The van der Waals surface area contributed by atoms with Gasteiger partial charge in [-0.25, -0.2) is 0 Å². The van der Waals surface area contributed by atoms with Gasteiger partial charge in [-0.15, -0.1) is 0 Å². The average molecular weight is 177 g/mol. The third kappa shape index (κ3) is 3.58. The number of phenolic OH excluding ortho intramolecular Hbond substituents is 1. The predicted molar refractivity (Wildman–Crippen MR) is 43.5 cm³/mol. The van der Waals surface area contributed by atoms with Gasteiger partial charge in [0.2, 0.25) is 0 Å². The number of phenols is 1. The molecule has 0 atom stereocenters. The number of hydrogen-bond acceptors (Lipinski definition) is 2. The largest absolute Gasteiger partial charge is 1.00 e. The topological polar surface area (TPSA) is 23.5 Å². The van der Waals surface area contributed by atoms with Crippen molar-refractivity contribution < 1.29 is 57.9 Å². The fraction of sp³-hybridized carbons (Fsp3) is 0.250. The maximum atomic E-state index is 9.04. The van der Waals surface area contributed by atoms with E-state index in [1.807, 2.05) is 31.1 Å². The smallest absolute Gasteiger partial charge is 1.00 e. The molecule has 1 rings (SSSR count). The number of benzene rings is 1. The first-order valence-electron chi connectivity index (χ1n) is 3.16. The second-order valence-corrected chi connectivity index (χ2v) is 2.41. The van der Waals surface area contributed by atoms with Gasteiger partial charge in [0.15, 0.2) is 0 Å². The second kappa shape index (κ2) is 5.16. The van der Waals surface area contributed by atoms with E-state index in [0.717, 1.165) is 5.69 Å². The Kier molecular flexibility index (Phi) is 5.38. The molecule has 0 bridgehead atoms. The Labute approximate surface area is 111 Å². The van der Waals surface area contributed by atoms with E-state index in [1.165, 1.54) is 0 Å². The van der Waals surface area contributed by atoms with E-state index in [9.17, 15) is 0 Å². The summed E-state index contributed by atoms with van der Waals surface area (Å²) in [6.45, 7) is 0. The van der Waals surface area contributed by atoms with Crippen LogP contribution in [0, 0.1) is 0 Å². The van der Waals surface area contributed by atoms with Crippen LogP contribution < -0.4 is 56.3 Å². The third-order valence-electron chi connectivity index (χ3n) is 1.35. The van der Waals surface area contributed by atoms with Crippen molar-refractivity contribution in [3.05, 3.63) is 24.3 Å². The van der Waals surface area contributed by atoms with E-state index >= 15 is 0 Å². The van der Waals surface area contributed by atoms with Crippen LogP contribution in [0.15, 0.2) is 24.3 Å². The van der Waals surface area contributed by atoms with E-state index in [0.29, 0.717) is 5.75 Å². The normalized spacial score (nSPS) is 8.55. The molecule has 1 aromatic rings. The van der Waals surface area contributed by atoms with Crippen LogP contribution in [0.25, 0.3) is 0 Å². The Bertz CT molecular complexity index is 230. The van der Waals surface area contributed by atoms with E-state index in [-0.39, 0.29) is 52.8 Å². The maximum Gasteiger partial charge on any atom is 1.00 e. The molecule has 3 heteroatoms. The Morgan fingerprint density at radius 1 is 1.36 bits per heavy atom. The predicted octanol–water partition coefficient (Wildman–Crippen LogP) is -1.43. The van der Waals surface area contributed by atoms with Crippen LogP contribution in [0.1, 0.15) is 1.43 Å². The van der Waals surface area contributed by atoms with Gasteiger partial charge in [-0.2, -0.15) is 0 Å². The van der Waals surface area contributed by atoms with Crippen LogP contribution in [-0.2, 0) is 0 Å². The average Bonchev–Trinajstić information content (AvgIpc) is 1.88. The minimum Gasteiger partial charge on any atom is -1.00 e. The van der Waals surface area contributed by atoms with Crippen molar-refractivity contribution in [2.75, 3.05) is 19.0 Å². The molecular formula is C8H12KNO. The van der Waals surface area contributed by atoms with Crippen LogP contribution in [0.5, 0.6) is 5.75 Å². The molecule has 11 heavy (non-hydrogen) atoms. The number of aromatic hydroxyl groups is 1. The van der Waals surface area contributed by atoms with E-state index in [4.69, 9.17) is 5.11 Å². The molecule has 56 valence electrons. The molecule has 0 aromatic heterocycles. The summed E-state index contributed by atoms with van der Waals surface area (Å²) < 4.78 is 0. The van der Waals surface area contributed by atoms with Crippen LogP contribution >= 0.6 is 0 Å². The molecule has 0 aliphatic heterocycles. The number of hydrogen-bond donors (Lipinski definition) is 1. The molecule has 0 fully saturated rings. The van der Waals surface area contributed by atoms with Gasteiger partial charge in [-0.1, -0.05) is 6.07 Å². The minimum atomic E-state index is 0. The van der Waals surface area contributed by atoms with Crippen LogP contribution in [0.3, 0.4) is 0 Å². The zero-order valence-corrected chi connectivity index (χ0v) is 10.3. The number of anilines is 1. The number of rotatable bonds is 1. The molecule has 0 spiro atoms. The summed E-state index contributed by atoms with van der Waals surface area (Å²) in [6, 6.07) is 7.15. The molecule has 0 saturated carbocycles. The summed E-state index contributed by atoms with van der Waals surface area (Å²) in [5.74, 6) is 0.311. The molecule has 0 aliphatic rings. The molecule has 0 heterocycles. The van der Waals surface area contributed by atoms with Gasteiger partial charge in [-0.05, 0) is 12.1 Å². The Morgan fingerprint density at radius 2 is 2.00 bits per heavy atom. The SMILES string of the molecule is CN(C)c1cccc(O)c1.[H-].[K+]. The van der Waals surface area contributed by atoms with Gasteiger partial charge in [0, 0.05) is 25.8 Å². The summed E-state index contributed by atoms with van der Waals surface area (Å²) in [4.78, 5) is 1.94. The molecule has 2 nitrogen and oxygen atoms in total. The Hall–Kier alpha value is 0.456. The number of nitrogens with zero attached hydrogens (tertiary/aromatic N) is 1. The van der Waals surface area contributed by atoms with Gasteiger partial charge in [0.25, 0.3) is 0 Å². The maximum absolute atomic E-state index is 9.04. The summed E-state index contributed by atoms with van der Waals surface area (Å²) in [7, 11) is 3.88. The monoisotopic (exact) mass is 177 g/mol. The van der Waals surface area contributed by atoms with Crippen molar-refractivity contribution in [1.29, 1.82) is 0 Å². The van der Waals surface area contributed by atoms with Crippen LogP contribution in [0.4, 0.5) is 5.69 Å². The van der Waals surface area contributed by atoms with Gasteiger partial charge >= 0.3 is 51.4 Å². The van der Waals surface area contributed by atoms with E-state index in [2.05, 4.69) is 0 Å². The Morgan fingerprint density at radius 3 is 2.36 bits per heavy atom. The van der Waals surface area contributed by atoms with Crippen molar-refractivity contribution in [1.82, 2.24) is 0 Å². The molecular weight excluding hydrogens is 165 g/mol. The first-order valence-corrected chi connectivity index (χ1v) is 3.16. The van der Waals surface area contributed by atoms with Gasteiger partial charge < -0.3 is 11.4 Å². The third-order valence-corrected chi connectivity index (χ3v) is 1.35. The van der Waals surface area contributed by atoms with Gasteiger partial charge in [0.05, 0.1) is 0 Å². The molecule has 0 aliphatic carbocycles. The quantitative estimate of drug-likeness (QED) is 0.532. The molecule has 0 radical (unpaired) electrons. The van der Waals surface area contributed by atoms with E-state index < -0.39 is 0 Å². The van der Waals surface area contributed by atoms with Crippen LogP contribution in [-0.4, -0.2) is 19.2 Å². The zero-order chi connectivity index (χ0) is 7.56. The second-order valence-electron chi connectivity index (χ2n) is 2.41. The fourth-order valence-electron chi connectivity index (χ4n) is 0.771. The Balaban J connectivity index is 0. The van der Waals surface area contributed by atoms with E-state index in [1.54, 1.807) is 12.1 Å². The molecule has 0 saturated heterocycles. The van der Waals surface area contributed by atoms with Crippen molar-refractivity contribution in [2.45, 2.75) is 0 Å². The summed E-state index contributed by atoms with van der Waals surface area (Å²) in [6.07, 6.45) is 0. The fourth-order valence-corrected chi connectivity index (χ4v) is 0.771. The van der Waals surface area contributed by atoms with Crippen molar-refractivity contribution >= 4 is 5.69 Å². The van der Waals surface area contributed by atoms with Gasteiger partial charge in [0.1, 0.15) is 5.75 Å². The first kappa shape index (κ1) is 11.5. The molecule has 1 aromatic carbocycles. The van der Waals surface area contributed by atoms with Crippen LogP contribution in [0.2, 0.25) is 0 Å². The van der Waals surface area contributed by atoms with Crippen molar-refractivity contribution in [3.63, 3.8) is 0 Å². The summed E-state index contributed by atoms with van der Waals surface area (Å²) in [5, 5.41) is 9.04. The molecule has 0 amide bonds.